The monoisotopic (exact) mass is 380 g/mol. The number of hydrogen-bond donors (Lipinski definition) is 1. The molecule has 1 aliphatic carbocycles. The van der Waals surface area contributed by atoms with E-state index in [4.69, 9.17) is 4.74 Å². The van der Waals surface area contributed by atoms with Gasteiger partial charge in [-0.2, -0.15) is 0 Å². The first kappa shape index (κ1) is 20.5. The number of nitrogens with one attached hydrogen (secondary N) is 1. The standard InChI is InChI=1S/C19H28N2O4S/c1-16(22)21(14-12-17-6-4-3-5-7-17)15-13-20-26(23,24)19-10-8-18(25-2)9-11-19/h6,8-11,20H,3-5,7,12-15H2,1-2H3. The van der Waals surface area contributed by atoms with Crippen molar-refractivity contribution in [1.82, 2.24) is 9.62 Å². The highest BCUT2D eigenvalue weighted by molar-refractivity contribution is 7.89. The maximum absolute atomic E-state index is 12.3. The third-order valence-corrected chi connectivity index (χ3v) is 6.05. The number of amides is 1. The number of nitrogens with zero attached hydrogens (tertiary/aromatic N) is 1. The van der Waals surface area contributed by atoms with Crippen LogP contribution in [0.3, 0.4) is 0 Å². The summed E-state index contributed by atoms with van der Waals surface area (Å²) in [5.74, 6) is 0.564. The van der Waals surface area contributed by atoms with Crippen molar-refractivity contribution < 1.29 is 17.9 Å². The molecule has 0 fully saturated rings. The summed E-state index contributed by atoms with van der Waals surface area (Å²) in [6.07, 6.45) is 7.83. The molecule has 1 N–H and O–H groups in total. The van der Waals surface area contributed by atoms with E-state index < -0.39 is 10.0 Å². The molecule has 7 heteroatoms. The number of carbonyl (C=O) groups is 1. The fraction of sp³-hybridized carbons (Fsp3) is 0.526. The first-order chi connectivity index (χ1) is 12.4. The maximum atomic E-state index is 12.3. The van der Waals surface area contributed by atoms with Crippen LogP contribution >= 0.6 is 0 Å². The normalized spacial score (nSPS) is 14.6. The molecule has 0 aromatic heterocycles. The minimum atomic E-state index is -3.60. The van der Waals surface area contributed by atoms with Gasteiger partial charge in [0.1, 0.15) is 5.75 Å². The largest absolute Gasteiger partial charge is 0.497 e. The van der Waals surface area contributed by atoms with Crippen molar-refractivity contribution in [1.29, 1.82) is 0 Å². The van der Waals surface area contributed by atoms with Gasteiger partial charge in [-0.1, -0.05) is 11.6 Å². The van der Waals surface area contributed by atoms with E-state index in [0.29, 0.717) is 18.8 Å². The van der Waals surface area contributed by atoms with Crippen molar-refractivity contribution in [2.75, 3.05) is 26.7 Å². The highest BCUT2D eigenvalue weighted by atomic mass is 32.2. The minimum absolute atomic E-state index is 0.0370. The van der Waals surface area contributed by atoms with Crippen LogP contribution in [0, 0.1) is 0 Å². The van der Waals surface area contributed by atoms with Crippen LogP contribution in [0.1, 0.15) is 39.0 Å². The topological polar surface area (TPSA) is 75.7 Å². The van der Waals surface area contributed by atoms with Gasteiger partial charge in [-0.05, 0) is 56.4 Å². The molecule has 144 valence electrons. The van der Waals surface area contributed by atoms with Crippen LogP contribution in [0.4, 0.5) is 0 Å². The highest BCUT2D eigenvalue weighted by Crippen LogP contribution is 2.20. The molecule has 0 heterocycles. The van der Waals surface area contributed by atoms with Crippen LogP contribution in [-0.2, 0) is 14.8 Å². The number of sulfonamides is 1. The predicted molar refractivity (Wildman–Crippen MR) is 102 cm³/mol. The zero-order valence-corrected chi connectivity index (χ0v) is 16.3. The Hall–Kier alpha value is -1.86. The van der Waals surface area contributed by atoms with Crippen LogP contribution in [0.25, 0.3) is 0 Å². The van der Waals surface area contributed by atoms with Crippen LogP contribution in [0.5, 0.6) is 5.75 Å². The Kier molecular flexibility index (Phi) is 7.66. The molecule has 0 saturated carbocycles. The molecule has 0 aliphatic heterocycles. The zero-order chi connectivity index (χ0) is 19.0. The van der Waals surface area contributed by atoms with Crippen molar-refractivity contribution in [2.45, 2.75) is 43.9 Å². The fourth-order valence-electron chi connectivity index (χ4n) is 2.99. The molecule has 0 atom stereocenters. The van der Waals surface area contributed by atoms with Gasteiger partial charge in [0.2, 0.25) is 15.9 Å². The summed E-state index contributed by atoms with van der Waals surface area (Å²) in [6.45, 7) is 2.70. The summed E-state index contributed by atoms with van der Waals surface area (Å²) in [5.41, 5.74) is 1.40. The molecule has 0 spiro atoms. The molecule has 0 radical (unpaired) electrons. The second-order valence-corrected chi connectivity index (χ2v) is 8.20. The van der Waals surface area contributed by atoms with Crippen molar-refractivity contribution in [3.05, 3.63) is 35.9 Å². The predicted octanol–water partition coefficient (Wildman–Crippen LogP) is 2.71. The third kappa shape index (κ3) is 6.14. The highest BCUT2D eigenvalue weighted by Gasteiger charge is 2.16. The summed E-state index contributed by atoms with van der Waals surface area (Å²) in [7, 11) is -2.07. The van der Waals surface area contributed by atoms with Gasteiger partial charge in [0.25, 0.3) is 0 Å². The van der Waals surface area contributed by atoms with Gasteiger partial charge >= 0.3 is 0 Å². The van der Waals surface area contributed by atoms with E-state index in [1.54, 1.807) is 17.0 Å². The van der Waals surface area contributed by atoms with E-state index in [0.717, 1.165) is 19.3 Å². The smallest absolute Gasteiger partial charge is 0.240 e. The number of rotatable bonds is 9. The Balaban J connectivity index is 1.85. The SMILES string of the molecule is COc1ccc(S(=O)(=O)NCCN(CCC2=CCCCC2)C(C)=O)cc1. The number of allylic oxidation sites excluding steroid dienone is 1. The van der Waals surface area contributed by atoms with Crippen LogP contribution < -0.4 is 9.46 Å². The number of ether oxygens (including phenoxy) is 1. The zero-order valence-electron chi connectivity index (χ0n) is 15.5. The third-order valence-electron chi connectivity index (χ3n) is 4.58. The lowest BCUT2D eigenvalue weighted by Gasteiger charge is -2.23. The number of hydrogen-bond acceptors (Lipinski definition) is 4. The molecule has 6 nitrogen and oxygen atoms in total. The Morgan fingerprint density at radius 3 is 2.50 bits per heavy atom. The van der Waals surface area contributed by atoms with E-state index in [2.05, 4.69) is 10.8 Å². The molecule has 0 saturated heterocycles. The molecule has 2 rings (SSSR count). The summed E-state index contributed by atoms with van der Waals surface area (Å²) in [4.78, 5) is 13.7. The van der Waals surface area contributed by atoms with Gasteiger partial charge in [-0.25, -0.2) is 13.1 Å². The first-order valence-corrected chi connectivity index (χ1v) is 10.5. The lowest BCUT2D eigenvalue weighted by Crippen LogP contribution is -2.38. The summed E-state index contributed by atoms with van der Waals surface area (Å²) >= 11 is 0. The number of methoxy groups -OCH3 is 1. The van der Waals surface area contributed by atoms with Gasteiger partial charge in [0.05, 0.1) is 12.0 Å². The van der Waals surface area contributed by atoms with E-state index in [1.165, 1.54) is 44.6 Å². The Labute approximate surface area is 156 Å². The number of benzene rings is 1. The van der Waals surface area contributed by atoms with Crippen molar-refractivity contribution in [3.63, 3.8) is 0 Å². The fourth-order valence-corrected chi connectivity index (χ4v) is 4.01. The van der Waals surface area contributed by atoms with E-state index >= 15 is 0 Å². The lowest BCUT2D eigenvalue weighted by molar-refractivity contribution is -0.128. The molecule has 1 aliphatic rings. The summed E-state index contributed by atoms with van der Waals surface area (Å²) in [6, 6.07) is 6.21. The van der Waals surface area contributed by atoms with E-state index in [9.17, 15) is 13.2 Å². The maximum Gasteiger partial charge on any atom is 0.240 e. The van der Waals surface area contributed by atoms with Crippen molar-refractivity contribution in [3.8, 4) is 5.75 Å². The van der Waals surface area contributed by atoms with E-state index in [-0.39, 0.29) is 17.3 Å². The Morgan fingerprint density at radius 2 is 1.92 bits per heavy atom. The first-order valence-electron chi connectivity index (χ1n) is 8.99. The van der Waals surface area contributed by atoms with E-state index in [1.807, 2.05) is 0 Å². The van der Waals surface area contributed by atoms with Crippen LogP contribution in [0.2, 0.25) is 0 Å². The summed E-state index contributed by atoms with van der Waals surface area (Å²) < 4.78 is 32.2. The molecule has 0 bridgehead atoms. The van der Waals surface area contributed by atoms with Gasteiger partial charge < -0.3 is 9.64 Å². The van der Waals surface area contributed by atoms with Gasteiger partial charge in [0.15, 0.2) is 0 Å². The minimum Gasteiger partial charge on any atom is -0.497 e. The molecular formula is C19H28N2O4S. The summed E-state index contributed by atoms with van der Waals surface area (Å²) in [5, 5.41) is 0. The second-order valence-electron chi connectivity index (χ2n) is 6.44. The van der Waals surface area contributed by atoms with Gasteiger partial charge in [-0.15, -0.1) is 0 Å². The quantitative estimate of drug-likeness (QED) is 0.669. The molecular weight excluding hydrogens is 352 g/mol. The molecule has 26 heavy (non-hydrogen) atoms. The number of carbonyl (C=O) groups excluding carboxylic acids is 1. The Morgan fingerprint density at radius 1 is 1.19 bits per heavy atom. The van der Waals surface area contributed by atoms with Crippen LogP contribution in [-0.4, -0.2) is 46.0 Å². The lowest BCUT2D eigenvalue weighted by atomic mass is 9.97. The average molecular weight is 381 g/mol. The van der Waals surface area contributed by atoms with Crippen LogP contribution in [0.15, 0.2) is 40.8 Å². The van der Waals surface area contributed by atoms with Gasteiger partial charge in [0, 0.05) is 26.6 Å². The molecule has 1 aromatic carbocycles. The molecule has 0 unspecified atom stereocenters. The van der Waals surface area contributed by atoms with Crippen molar-refractivity contribution >= 4 is 15.9 Å². The molecule has 1 aromatic rings. The van der Waals surface area contributed by atoms with Crippen molar-refractivity contribution in [2.24, 2.45) is 0 Å². The average Bonchev–Trinajstić information content (AvgIpc) is 2.65. The van der Waals surface area contributed by atoms with Gasteiger partial charge in [-0.3, -0.25) is 4.79 Å². The second kappa shape index (κ2) is 9.73. The Bertz CT molecular complexity index is 726. The molecule has 1 amide bonds.